The molecule has 244 valence electrons. The highest BCUT2D eigenvalue weighted by Crippen LogP contribution is 2.47. The molecule has 0 fully saturated rings. The summed E-state index contributed by atoms with van der Waals surface area (Å²) in [7, 11) is 0. The number of para-hydroxylation sites is 1. The molecule has 2 nitrogen and oxygen atoms in total. The van der Waals surface area contributed by atoms with Gasteiger partial charge in [-0.05, 0) is 95.3 Å². The van der Waals surface area contributed by atoms with Crippen molar-refractivity contribution in [3.8, 4) is 11.1 Å². The molecule has 6 aromatic carbocycles. The van der Waals surface area contributed by atoms with Gasteiger partial charge in [-0.1, -0.05) is 127 Å². The number of anilines is 4. The second-order valence-corrected chi connectivity index (χ2v) is 14.7. The molecule has 2 unspecified atom stereocenters. The zero-order valence-electron chi connectivity index (χ0n) is 28.2. The van der Waals surface area contributed by atoms with Crippen LogP contribution in [0.4, 0.5) is 22.7 Å². The summed E-state index contributed by atoms with van der Waals surface area (Å²) in [5, 5.41) is 2.64. The van der Waals surface area contributed by atoms with Crippen molar-refractivity contribution in [2.75, 3.05) is 9.80 Å². The Balaban J connectivity index is 1.01. The summed E-state index contributed by atoms with van der Waals surface area (Å²) in [5.41, 5.74) is 12.6. The van der Waals surface area contributed by atoms with Crippen LogP contribution in [-0.4, -0.2) is 6.04 Å². The van der Waals surface area contributed by atoms with Crippen LogP contribution in [0.1, 0.15) is 29.9 Å². The maximum atomic E-state index is 2.55. The lowest BCUT2D eigenvalue weighted by atomic mass is 9.91. The van der Waals surface area contributed by atoms with E-state index in [9.17, 15) is 0 Å². The summed E-state index contributed by atoms with van der Waals surface area (Å²) in [5.74, 6) is 0.393. The van der Waals surface area contributed by atoms with Crippen LogP contribution in [0.15, 0.2) is 188 Å². The summed E-state index contributed by atoms with van der Waals surface area (Å²) < 4.78 is 2.63. The van der Waals surface area contributed by atoms with Gasteiger partial charge in [-0.25, -0.2) is 0 Å². The largest absolute Gasteiger partial charge is 0.334 e. The highest BCUT2D eigenvalue weighted by atomic mass is 32.1. The van der Waals surface area contributed by atoms with Crippen LogP contribution in [0.25, 0.3) is 36.9 Å². The van der Waals surface area contributed by atoms with Gasteiger partial charge in [-0.3, -0.25) is 0 Å². The van der Waals surface area contributed by atoms with Gasteiger partial charge < -0.3 is 9.80 Å². The molecule has 51 heavy (non-hydrogen) atoms. The maximum absolute atomic E-state index is 2.55. The molecule has 7 aromatic rings. The fraction of sp³-hybridized carbons (Fsp3) is 0.0833. The van der Waals surface area contributed by atoms with Gasteiger partial charge in [0.25, 0.3) is 0 Å². The van der Waals surface area contributed by atoms with Crippen molar-refractivity contribution < 1.29 is 0 Å². The average molecular weight is 673 g/mol. The van der Waals surface area contributed by atoms with Crippen molar-refractivity contribution in [3.05, 3.63) is 199 Å². The minimum Gasteiger partial charge on any atom is -0.334 e. The van der Waals surface area contributed by atoms with E-state index in [1.54, 1.807) is 0 Å². The normalized spacial score (nSPS) is 17.7. The Morgan fingerprint density at radius 2 is 1.24 bits per heavy atom. The van der Waals surface area contributed by atoms with Crippen LogP contribution < -0.4 is 9.80 Å². The topological polar surface area (TPSA) is 6.48 Å². The third kappa shape index (κ3) is 5.24. The van der Waals surface area contributed by atoms with Crippen LogP contribution in [0.3, 0.4) is 0 Å². The highest BCUT2D eigenvalue weighted by Gasteiger charge is 2.37. The van der Waals surface area contributed by atoms with Gasteiger partial charge in [0.2, 0.25) is 0 Å². The van der Waals surface area contributed by atoms with Gasteiger partial charge in [0.1, 0.15) is 0 Å². The molecule has 0 saturated carbocycles. The number of hydrogen-bond acceptors (Lipinski definition) is 3. The lowest BCUT2D eigenvalue weighted by Crippen LogP contribution is -2.32. The molecule has 3 heteroatoms. The van der Waals surface area contributed by atoms with Crippen LogP contribution in [-0.2, 0) is 0 Å². The first-order valence-electron chi connectivity index (χ1n) is 17.9. The maximum Gasteiger partial charge on any atom is 0.0629 e. The fourth-order valence-corrected chi connectivity index (χ4v) is 9.37. The molecule has 2 aliphatic carbocycles. The Hall–Kier alpha value is -5.90. The molecule has 0 radical (unpaired) electrons. The minimum atomic E-state index is 0.316. The molecule has 2 heterocycles. The molecular weight excluding hydrogens is 637 g/mol. The van der Waals surface area contributed by atoms with Crippen molar-refractivity contribution in [3.63, 3.8) is 0 Å². The summed E-state index contributed by atoms with van der Waals surface area (Å²) in [4.78, 5) is 4.95. The van der Waals surface area contributed by atoms with Gasteiger partial charge in [-0.15, -0.1) is 11.3 Å². The van der Waals surface area contributed by atoms with Crippen LogP contribution in [0, 0.1) is 0 Å². The van der Waals surface area contributed by atoms with Crippen molar-refractivity contribution in [1.29, 1.82) is 0 Å². The minimum absolute atomic E-state index is 0.316. The molecule has 1 aliphatic heterocycles. The van der Waals surface area contributed by atoms with E-state index in [0.29, 0.717) is 12.0 Å². The SMILES string of the molecule is C1=CC2c3ccccc3N(C3=CCCC(c4ccc(N(c5ccc(-c6ccccc6)cc5)c5ccc6c(c5)sc5ccccc56)cc4)=C3)C2C=C1. The molecule has 0 bridgehead atoms. The van der Waals surface area contributed by atoms with Crippen molar-refractivity contribution >= 4 is 59.8 Å². The number of fused-ring (bicyclic) bond motifs is 6. The van der Waals surface area contributed by atoms with Crippen LogP contribution >= 0.6 is 11.3 Å². The second kappa shape index (κ2) is 12.5. The van der Waals surface area contributed by atoms with E-state index in [1.165, 1.54) is 59.4 Å². The molecule has 3 aliphatic rings. The molecule has 0 saturated heterocycles. The lowest BCUT2D eigenvalue weighted by molar-refractivity contribution is 0.725. The van der Waals surface area contributed by atoms with Crippen molar-refractivity contribution in [2.24, 2.45) is 0 Å². The van der Waals surface area contributed by atoms with E-state index < -0.39 is 0 Å². The third-order valence-corrected chi connectivity index (χ3v) is 11.8. The summed E-state index contributed by atoms with van der Waals surface area (Å²) in [6, 6.07) is 53.7. The van der Waals surface area contributed by atoms with E-state index >= 15 is 0 Å². The first kappa shape index (κ1) is 30.0. The Morgan fingerprint density at radius 3 is 2.08 bits per heavy atom. The molecule has 2 atom stereocenters. The van der Waals surface area contributed by atoms with E-state index in [-0.39, 0.29) is 0 Å². The van der Waals surface area contributed by atoms with Crippen molar-refractivity contribution in [1.82, 2.24) is 0 Å². The summed E-state index contributed by atoms with van der Waals surface area (Å²) >= 11 is 1.87. The Morgan fingerprint density at radius 1 is 0.569 bits per heavy atom. The molecule has 0 spiro atoms. The van der Waals surface area contributed by atoms with E-state index in [4.69, 9.17) is 0 Å². The summed E-state index contributed by atoms with van der Waals surface area (Å²) in [6.07, 6.45) is 16.0. The van der Waals surface area contributed by atoms with Gasteiger partial charge in [0, 0.05) is 54.5 Å². The van der Waals surface area contributed by atoms with Gasteiger partial charge in [-0.2, -0.15) is 0 Å². The number of benzene rings is 6. The van der Waals surface area contributed by atoms with Gasteiger partial charge in [0.05, 0.1) is 6.04 Å². The Kier molecular flexibility index (Phi) is 7.32. The standard InChI is InChI=1S/C48H36N2S/c1-2-11-33(12-3-1)34-21-25-37(26-22-34)49(40-29-30-44-43-17-6-9-20-47(43)51-48(44)32-40)38-27-23-35(24-28-38)36-13-10-14-39(31-36)50-45-18-7-4-15-41(45)42-16-5-8-19-46(42)50/h1-9,11-12,14-32,41,45H,10,13H2. The number of nitrogens with zero attached hydrogens (tertiary/aromatic N) is 2. The van der Waals surface area contributed by atoms with Gasteiger partial charge >= 0.3 is 0 Å². The predicted molar refractivity (Wildman–Crippen MR) is 218 cm³/mol. The number of allylic oxidation sites excluding steroid dienone is 5. The number of hydrogen-bond donors (Lipinski definition) is 0. The Labute approximate surface area is 303 Å². The third-order valence-electron chi connectivity index (χ3n) is 10.7. The van der Waals surface area contributed by atoms with E-state index in [1.807, 2.05) is 11.3 Å². The quantitative estimate of drug-likeness (QED) is 0.173. The molecule has 0 amide bonds. The molecule has 0 N–H and O–H groups in total. The number of thiophene rings is 1. The van der Waals surface area contributed by atoms with Crippen molar-refractivity contribution in [2.45, 2.75) is 24.8 Å². The van der Waals surface area contributed by atoms with E-state index in [0.717, 1.165) is 29.9 Å². The number of rotatable bonds is 6. The molecule has 1 aromatic heterocycles. The van der Waals surface area contributed by atoms with Crippen LogP contribution in [0.2, 0.25) is 0 Å². The first-order chi connectivity index (χ1) is 25.3. The van der Waals surface area contributed by atoms with Gasteiger partial charge in [0.15, 0.2) is 0 Å². The highest BCUT2D eigenvalue weighted by molar-refractivity contribution is 7.25. The Bertz CT molecular complexity index is 2530. The lowest BCUT2D eigenvalue weighted by Gasteiger charge is -2.31. The fourth-order valence-electron chi connectivity index (χ4n) is 8.23. The second-order valence-electron chi connectivity index (χ2n) is 13.6. The van der Waals surface area contributed by atoms with E-state index in [2.05, 4.69) is 192 Å². The zero-order valence-corrected chi connectivity index (χ0v) is 29.0. The monoisotopic (exact) mass is 672 g/mol. The molecular formula is C48H36N2S. The first-order valence-corrected chi connectivity index (χ1v) is 18.7. The molecule has 10 rings (SSSR count). The average Bonchev–Trinajstić information content (AvgIpc) is 3.74. The predicted octanol–water partition coefficient (Wildman–Crippen LogP) is 13.4. The zero-order chi connectivity index (χ0) is 33.7. The van der Waals surface area contributed by atoms with Crippen LogP contribution in [0.5, 0.6) is 0 Å². The summed E-state index contributed by atoms with van der Waals surface area (Å²) in [6.45, 7) is 0. The smallest absolute Gasteiger partial charge is 0.0629 e.